The molecule has 0 fully saturated rings. The number of rotatable bonds is 1. The Morgan fingerprint density at radius 1 is 1.75 bits per heavy atom. The molecule has 0 saturated heterocycles. The van der Waals surface area contributed by atoms with Gasteiger partial charge in [-0.25, -0.2) is 0 Å². The predicted octanol–water partition coefficient (Wildman–Crippen LogP) is 0.407. The van der Waals surface area contributed by atoms with Gasteiger partial charge in [0.1, 0.15) is 6.26 Å². The fourth-order valence-corrected chi connectivity index (χ4v) is 0. The van der Waals surface area contributed by atoms with Crippen LogP contribution in [0.25, 0.3) is 0 Å². The lowest BCUT2D eigenvalue weighted by Gasteiger charge is -1.80. The van der Waals surface area contributed by atoms with Crippen molar-refractivity contribution < 1.29 is 9.94 Å². The molecule has 0 saturated carbocycles. The number of aliphatic hydroxyl groups is 1. The number of hydrogen-bond donors (Lipinski definition) is 2. The first-order valence-electron chi connectivity index (χ1n) is 2.29. The summed E-state index contributed by atoms with van der Waals surface area (Å²) in [5.74, 6) is 4.41. The number of hydrogen-bond acceptors (Lipinski definition) is 3. The summed E-state index contributed by atoms with van der Waals surface area (Å²) in [4.78, 5) is 3.81. The third kappa shape index (κ3) is 513. The average Bonchev–Trinajstić information content (AvgIpc) is 1.65. The first-order chi connectivity index (χ1) is 3.65. The quantitative estimate of drug-likeness (QED) is 0.388. The molecule has 0 amide bonds. The second kappa shape index (κ2) is 9.68. The Morgan fingerprint density at radius 3 is 1.88 bits per heavy atom. The lowest BCUT2D eigenvalue weighted by atomic mass is 10.5. The molecule has 3 heteroatoms. The van der Waals surface area contributed by atoms with E-state index in [9.17, 15) is 0 Å². The van der Waals surface area contributed by atoms with Crippen molar-refractivity contribution in [2.24, 2.45) is 5.90 Å². The maximum Gasteiger partial charge on any atom is 0.103 e. The first-order valence-corrected chi connectivity index (χ1v) is 2.29. The molecule has 0 aromatic heterocycles. The van der Waals surface area contributed by atoms with Crippen LogP contribution in [0.15, 0.2) is 12.8 Å². The highest BCUT2D eigenvalue weighted by atomic mass is 16.6. The topological polar surface area (TPSA) is 55.5 Å². The molecule has 0 aromatic rings. The van der Waals surface area contributed by atoms with E-state index in [-0.39, 0.29) is 6.10 Å². The highest BCUT2D eigenvalue weighted by Crippen LogP contribution is 1.65. The summed E-state index contributed by atoms with van der Waals surface area (Å²) in [7, 11) is 0. The standard InChI is InChI=1S/C3H8O.C2H5NO/c1-3(2)4;1-2-4-3/h3-4H,1-2H3;2H,1,3H2. The molecule has 0 heterocycles. The van der Waals surface area contributed by atoms with Gasteiger partial charge in [-0.05, 0) is 13.8 Å². The summed E-state index contributed by atoms with van der Waals surface area (Å²) >= 11 is 0. The highest BCUT2D eigenvalue weighted by molar-refractivity contribution is 4.42. The minimum Gasteiger partial charge on any atom is -0.420 e. The smallest absolute Gasteiger partial charge is 0.103 e. The summed E-state index contributed by atoms with van der Waals surface area (Å²) in [6.45, 7) is 6.58. The van der Waals surface area contributed by atoms with Crippen molar-refractivity contribution in [3.8, 4) is 0 Å². The van der Waals surface area contributed by atoms with Crippen LogP contribution in [0.5, 0.6) is 0 Å². The third-order valence-corrected chi connectivity index (χ3v) is 0.0962. The van der Waals surface area contributed by atoms with Gasteiger partial charge in [0.25, 0.3) is 0 Å². The van der Waals surface area contributed by atoms with Crippen LogP contribution in [0.1, 0.15) is 13.8 Å². The Kier molecular flexibility index (Phi) is 12.6. The maximum atomic E-state index is 8.06. The van der Waals surface area contributed by atoms with Gasteiger partial charge in [-0.1, -0.05) is 6.58 Å². The van der Waals surface area contributed by atoms with E-state index in [4.69, 9.17) is 5.11 Å². The van der Waals surface area contributed by atoms with Gasteiger partial charge in [0.05, 0.1) is 0 Å². The van der Waals surface area contributed by atoms with E-state index in [0.717, 1.165) is 6.26 Å². The molecular formula is C5H13NO2. The van der Waals surface area contributed by atoms with Gasteiger partial charge in [0, 0.05) is 6.10 Å². The Morgan fingerprint density at radius 2 is 1.88 bits per heavy atom. The fraction of sp³-hybridized carbons (Fsp3) is 0.600. The van der Waals surface area contributed by atoms with Crippen molar-refractivity contribution in [3.63, 3.8) is 0 Å². The van der Waals surface area contributed by atoms with Crippen molar-refractivity contribution in [2.75, 3.05) is 0 Å². The van der Waals surface area contributed by atoms with Gasteiger partial charge in [-0.15, -0.1) is 0 Å². The predicted molar refractivity (Wildman–Crippen MR) is 32.8 cm³/mol. The molecule has 0 aliphatic carbocycles. The lowest BCUT2D eigenvalue weighted by molar-refractivity contribution is 0.216. The van der Waals surface area contributed by atoms with Crippen LogP contribution < -0.4 is 5.90 Å². The fourth-order valence-electron chi connectivity index (χ4n) is 0. The zero-order valence-electron chi connectivity index (χ0n) is 5.29. The van der Waals surface area contributed by atoms with E-state index in [2.05, 4.69) is 17.3 Å². The molecule has 3 nitrogen and oxygen atoms in total. The van der Waals surface area contributed by atoms with Crippen LogP contribution in [0.4, 0.5) is 0 Å². The molecule has 0 aromatic carbocycles. The SMILES string of the molecule is C=CON.CC(C)O. The second-order valence-electron chi connectivity index (χ2n) is 1.40. The number of aliphatic hydroxyl groups excluding tert-OH is 1. The Labute approximate surface area is 49.7 Å². The summed E-state index contributed by atoms with van der Waals surface area (Å²) < 4.78 is 0. The average molecular weight is 119 g/mol. The normalized spacial score (nSPS) is 7.12. The zero-order valence-corrected chi connectivity index (χ0v) is 5.29. The summed E-state index contributed by atoms with van der Waals surface area (Å²) in [6.07, 6.45) is 0.986. The molecule has 0 radical (unpaired) electrons. The Bertz CT molecular complexity index is 42.9. The Hall–Kier alpha value is -0.540. The van der Waals surface area contributed by atoms with Crippen LogP contribution in [-0.2, 0) is 4.84 Å². The van der Waals surface area contributed by atoms with Crippen molar-refractivity contribution in [2.45, 2.75) is 20.0 Å². The minimum absolute atomic E-state index is 0.167. The van der Waals surface area contributed by atoms with E-state index in [1.807, 2.05) is 0 Å². The molecule has 0 aliphatic rings. The van der Waals surface area contributed by atoms with Crippen LogP contribution in [0, 0.1) is 0 Å². The van der Waals surface area contributed by atoms with Crippen LogP contribution in [0.2, 0.25) is 0 Å². The molecule has 0 rings (SSSR count). The first kappa shape index (κ1) is 10.4. The largest absolute Gasteiger partial charge is 0.420 e. The molecule has 0 unspecified atom stereocenters. The third-order valence-electron chi connectivity index (χ3n) is 0.0962. The summed E-state index contributed by atoms with van der Waals surface area (Å²) in [6, 6.07) is 0. The molecule has 50 valence electrons. The molecular weight excluding hydrogens is 106 g/mol. The monoisotopic (exact) mass is 119 g/mol. The van der Waals surface area contributed by atoms with Gasteiger partial charge >= 0.3 is 0 Å². The van der Waals surface area contributed by atoms with Crippen molar-refractivity contribution in [1.29, 1.82) is 0 Å². The van der Waals surface area contributed by atoms with Crippen molar-refractivity contribution in [1.82, 2.24) is 0 Å². The molecule has 0 aliphatic heterocycles. The van der Waals surface area contributed by atoms with Crippen LogP contribution in [-0.4, -0.2) is 11.2 Å². The summed E-state index contributed by atoms with van der Waals surface area (Å²) in [5, 5.41) is 8.06. The van der Waals surface area contributed by atoms with E-state index in [1.165, 1.54) is 0 Å². The van der Waals surface area contributed by atoms with E-state index in [1.54, 1.807) is 13.8 Å². The molecule has 0 spiro atoms. The minimum atomic E-state index is -0.167. The Balaban J connectivity index is 0. The maximum absolute atomic E-state index is 8.06. The number of nitrogens with two attached hydrogens (primary N) is 1. The van der Waals surface area contributed by atoms with Crippen LogP contribution in [0.3, 0.4) is 0 Å². The van der Waals surface area contributed by atoms with Gasteiger partial charge in [0.15, 0.2) is 0 Å². The van der Waals surface area contributed by atoms with E-state index >= 15 is 0 Å². The lowest BCUT2D eigenvalue weighted by Crippen LogP contribution is -1.85. The van der Waals surface area contributed by atoms with Crippen molar-refractivity contribution in [3.05, 3.63) is 12.8 Å². The zero-order chi connectivity index (χ0) is 6.99. The molecule has 0 atom stereocenters. The van der Waals surface area contributed by atoms with Crippen molar-refractivity contribution >= 4 is 0 Å². The highest BCUT2D eigenvalue weighted by Gasteiger charge is 1.69. The van der Waals surface area contributed by atoms with Gasteiger partial charge in [-0.2, -0.15) is 5.90 Å². The molecule has 0 bridgehead atoms. The molecule has 3 N–H and O–H groups in total. The second-order valence-corrected chi connectivity index (χ2v) is 1.40. The summed E-state index contributed by atoms with van der Waals surface area (Å²) in [5.41, 5.74) is 0. The molecule has 8 heavy (non-hydrogen) atoms. The van der Waals surface area contributed by atoms with Gasteiger partial charge in [-0.3, -0.25) is 0 Å². The van der Waals surface area contributed by atoms with Gasteiger partial charge in [0.2, 0.25) is 0 Å². The van der Waals surface area contributed by atoms with Crippen LogP contribution >= 0.6 is 0 Å². The van der Waals surface area contributed by atoms with Gasteiger partial charge < -0.3 is 9.94 Å². The van der Waals surface area contributed by atoms with E-state index in [0.29, 0.717) is 0 Å². The van der Waals surface area contributed by atoms with E-state index < -0.39 is 0 Å².